The van der Waals surface area contributed by atoms with Crippen LogP contribution in [0.3, 0.4) is 0 Å². The largest absolute Gasteiger partial charge is 0.347 e. The van der Waals surface area contributed by atoms with Crippen LogP contribution in [0.15, 0.2) is 71.0 Å². The Morgan fingerprint density at radius 2 is 1.78 bits per heavy atom. The van der Waals surface area contributed by atoms with Gasteiger partial charge >= 0.3 is 0 Å². The summed E-state index contributed by atoms with van der Waals surface area (Å²) < 4.78 is 1.66. The van der Waals surface area contributed by atoms with Crippen molar-refractivity contribution in [1.82, 2.24) is 9.88 Å². The summed E-state index contributed by atoms with van der Waals surface area (Å²) in [6, 6.07) is 16.7. The summed E-state index contributed by atoms with van der Waals surface area (Å²) in [5, 5.41) is 4.78. The number of pyridine rings is 1. The molecule has 0 unspecified atom stereocenters. The van der Waals surface area contributed by atoms with Crippen LogP contribution in [0.2, 0.25) is 0 Å². The van der Waals surface area contributed by atoms with Crippen molar-refractivity contribution in [2.75, 3.05) is 0 Å². The van der Waals surface area contributed by atoms with Gasteiger partial charge in [0.1, 0.15) is 0 Å². The normalized spacial score (nSPS) is 10.4. The van der Waals surface area contributed by atoms with Crippen LogP contribution >= 0.6 is 11.3 Å². The molecule has 2 heterocycles. The molecule has 0 spiro atoms. The van der Waals surface area contributed by atoms with Crippen LogP contribution in [0.25, 0.3) is 0 Å². The van der Waals surface area contributed by atoms with E-state index in [9.17, 15) is 9.59 Å². The van der Waals surface area contributed by atoms with E-state index in [4.69, 9.17) is 0 Å². The highest BCUT2D eigenvalue weighted by Crippen LogP contribution is 2.09. The molecule has 0 saturated heterocycles. The van der Waals surface area contributed by atoms with Gasteiger partial charge in [-0.2, -0.15) is 0 Å². The summed E-state index contributed by atoms with van der Waals surface area (Å²) in [6.07, 6.45) is 1.78. The van der Waals surface area contributed by atoms with Gasteiger partial charge in [0.15, 0.2) is 0 Å². The molecule has 1 N–H and O–H groups in total. The Kier molecular flexibility index (Phi) is 4.68. The molecule has 0 aliphatic carbocycles. The minimum absolute atomic E-state index is 0.0141. The van der Waals surface area contributed by atoms with Gasteiger partial charge in [0.05, 0.1) is 11.4 Å². The molecule has 0 fully saturated rings. The second-order valence-electron chi connectivity index (χ2n) is 5.14. The van der Waals surface area contributed by atoms with Crippen LogP contribution in [0.5, 0.6) is 0 Å². The van der Waals surface area contributed by atoms with Gasteiger partial charge < -0.3 is 9.88 Å². The molecule has 23 heavy (non-hydrogen) atoms. The molecule has 0 bridgehead atoms. The van der Waals surface area contributed by atoms with Gasteiger partial charge in [0.25, 0.3) is 11.5 Å². The fraction of sp³-hybridized carbons (Fsp3) is 0.111. The number of thiophene rings is 1. The van der Waals surface area contributed by atoms with E-state index in [1.807, 2.05) is 41.8 Å². The van der Waals surface area contributed by atoms with Crippen LogP contribution in [0.1, 0.15) is 20.8 Å². The summed E-state index contributed by atoms with van der Waals surface area (Å²) in [5.74, 6) is -0.0556. The van der Waals surface area contributed by atoms with E-state index in [-0.39, 0.29) is 11.5 Å². The first kappa shape index (κ1) is 15.2. The Bertz CT molecular complexity index is 836. The first-order valence-corrected chi connectivity index (χ1v) is 8.15. The number of nitrogens with one attached hydrogen (secondary N) is 1. The number of amides is 1. The van der Waals surface area contributed by atoms with Crippen LogP contribution in [-0.2, 0) is 13.1 Å². The third-order valence-corrected chi connectivity index (χ3v) is 4.34. The summed E-state index contributed by atoms with van der Waals surface area (Å²) in [5.41, 5.74) is 2.06. The molecule has 0 atom stereocenters. The lowest BCUT2D eigenvalue weighted by molar-refractivity contribution is 0.0955. The van der Waals surface area contributed by atoms with Gasteiger partial charge in [0.2, 0.25) is 0 Å². The quantitative estimate of drug-likeness (QED) is 0.784. The molecule has 1 aromatic carbocycles. The monoisotopic (exact) mass is 324 g/mol. The van der Waals surface area contributed by atoms with Crippen molar-refractivity contribution < 1.29 is 4.79 Å². The minimum atomic E-state index is -0.0556. The summed E-state index contributed by atoms with van der Waals surface area (Å²) in [4.78, 5) is 24.3. The number of carbonyl (C=O) groups is 1. The molecule has 116 valence electrons. The van der Waals surface area contributed by atoms with Crippen LogP contribution in [0, 0.1) is 0 Å². The lowest BCUT2D eigenvalue weighted by Gasteiger charge is -2.07. The maximum absolute atomic E-state index is 11.9. The van der Waals surface area contributed by atoms with Crippen molar-refractivity contribution in [3.05, 3.63) is 92.5 Å². The van der Waals surface area contributed by atoms with Gasteiger partial charge in [-0.3, -0.25) is 9.59 Å². The van der Waals surface area contributed by atoms with E-state index < -0.39 is 0 Å². The van der Waals surface area contributed by atoms with Crippen LogP contribution < -0.4 is 10.9 Å². The van der Waals surface area contributed by atoms with Gasteiger partial charge in [-0.25, -0.2) is 0 Å². The molecule has 0 aliphatic heterocycles. The molecular weight excluding hydrogens is 308 g/mol. The lowest BCUT2D eigenvalue weighted by Crippen LogP contribution is -2.21. The molecule has 3 aromatic rings. The average Bonchev–Trinajstić information content (AvgIpc) is 3.11. The van der Waals surface area contributed by atoms with Crippen molar-refractivity contribution >= 4 is 17.2 Å². The maximum Gasteiger partial charge on any atom is 0.261 e. The number of hydrogen-bond acceptors (Lipinski definition) is 3. The summed E-state index contributed by atoms with van der Waals surface area (Å²) in [7, 11) is 0. The number of nitrogens with zero attached hydrogens (tertiary/aromatic N) is 1. The van der Waals surface area contributed by atoms with Crippen molar-refractivity contribution in [1.29, 1.82) is 0 Å². The molecule has 5 heteroatoms. The topological polar surface area (TPSA) is 51.1 Å². The standard InChI is InChI=1S/C18H16N2O2S/c21-17-5-1-2-10-20(17)13-15-8-6-14(7-9-15)12-19-18(22)16-4-3-11-23-16/h1-11H,12-13H2,(H,19,22). The smallest absolute Gasteiger partial charge is 0.261 e. The second-order valence-corrected chi connectivity index (χ2v) is 6.09. The molecule has 0 aliphatic rings. The predicted molar refractivity (Wildman–Crippen MR) is 91.7 cm³/mol. The van der Waals surface area contributed by atoms with Crippen molar-refractivity contribution in [3.8, 4) is 0 Å². The molecule has 2 aromatic heterocycles. The molecule has 3 rings (SSSR count). The molecule has 4 nitrogen and oxygen atoms in total. The van der Waals surface area contributed by atoms with Crippen molar-refractivity contribution in [3.63, 3.8) is 0 Å². The summed E-state index contributed by atoms with van der Waals surface area (Å²) >= 11 is 1.43. The fourth-order valence-corrected chi connectivity index (χ4v) is 2.87. The van der Waals surface area contributed by atoms with E-state index in [1.54, 1.807) is 29.0 Å². The van der Waals surface area contributed by atoms with Crippen molar-refractivity contribution in [2.24, 2.45) is 0 Å². The number of aromatic nitrogens is 1. The minimum Gasteiger partial charge on any atom is -0.347 e. The zero-order valence-electron chi connectivity index (χ0n) is 12.4. The highest BCUT2D eigenvalue weighted by Gasteiger charge is 2.05. The third-order valence-electron chi connectivity index (χ3n) is 3.47. The highest BCUT2D eigenvalue weighted by molar-refractivity contribution is 7.12. The zero-order valence-corrected chi connectivity index (χ0v) is 13.3. The zero-order chi connectivity index (χ0) is 16.1. The third kappa shape index (κ3) is 3.96. The molecular formula is C18H16N2O2S. The Morgan fingerprint density at radius 1 is 1.00 bits per heavy atom. The highest BCUT2D eigenvalue weighted by atomic mass is 32.1. The Hall–Kier alpha value is -2.66. The second kappa shape index (κ2) is 7.07. The number of rotatable bonds is 5. The Morgan fingerprint density at radius 3 is 2.48 bits per heavy atom. The predicted octanol–water partition coefficient (Wildman–Crippen LogP) is 2.89. The van der Waals surface area contributed by atoms with Crippen LogP contribution in [-0.4, -0.2) is 10.5 Å². The number of carbonyl (C=O) groups excluding carboxylic acids is 1. The van der Waals surface area contributed by atoms with Crippen LogP contribution in [0.4, 0.5) is 0 Å². The Balaban J connectivity index is 1.60. The fourth-order valence-electron chi connectivity index (χ4n) is 2.23. The SMILES string of the molecule is O=C(NCc1ccc(Cn2ccccc2=O)cc1)c1cccs1. The Labute approximate surface area is 138 Å². The van der Waals surface area contributed by atoms with Gasteiger partial charge in [-0.15, -0.1) is 11.3 Å². The average molecular weight is 324 g/mol. The molecule has 0 radical (unpaired) electrons. The van der Waals surface area contributed by atoms with Gasteiger partial charge in [0, 0.05) is 18.8 Å². The van der Waals surface area contributed by atoms with E-state index in [0.717, 1.165) is 11.1 Å². The van der Waals surface area contributed by atoms with Crippen molar-refractivity contribution in [2.45, 2.75) is 13.1 Å². The maximum atomic E-state index is 11.9. The first-order chi connectivity index (χ1) is 11.2. The van der Waals surface area contributed by atoms with E-state index >= 15 is 0 Å². The first-order valence-electron chi connectivity index (χ1n) is 7.27. The number of hydrogen-bond donors (Lipinski definition) is 1. The molecule has 1 amide bonds. The van der Waals surface area contributed by atoms with Gasteiger partial charge in [-0.1, -0.05) is 36.4 Å². The van der Waals surface area contributed by atoms with E-state index in [1.165, 1.54) is 11.3 Å². The van der Waals surface area contributed by atoms with E-state index in [2.05, 4.69) is 5.32 Å². The molecule has 0 saturated carbocycles. The number of benzene rings is 1. The van der Waals surface area contributed by atoms with E-state index in [0.29, 0.717) is 18.0 Å². The summed E-state index contributed by atoms with van der Waals surface area (Å²) in [6.45, 7) is 1.03. The van der Waals surface area contributed by atoms with Gasteiger partial charge in [-0.05, 0) is 28.6 Å². The lowest BCUT2D eigenvalue weighted by atomic mass is 10.1.